The van der Waals surface area contributed by atoms with Gasteiger partial charge in [0.25, 0.3) is 0 Å². The van der Waals surface area contributed by atoms with Gasteiger partial charge in [-0.25, -0.2) is 4.79 Å². The van der Waals surface area contributed by atoms with Crippen LogP contribution in [0.3, 0.4) is 0 Å². The molecule has 9 heteroatoms. The molecule has 0 spiro atoms. The van der Waals surface area contributed by atoms with E-state index in [1.54, 1.807) is 24.3 Å². The van der Waals surface area contributed by atoms with Crippen LogP contribution in [0, 0.1) is 0 Å². The largest absolute Gasteiger partial charge is 0.469 e. The highest BCUT2D eigenvalue weighted by atomic mass is 16.6. The zero-order chi connectivity index (χ0) is 22.9. The van der Waals surface area contributed by atoms with Gasteiger partial charge in [0.05, 0.1) is 7.11 Å². The molecule has 1 rings (SSSR count). The van der Waals surface area contributed by atoms with E-state index in [0.29, 0.717) is 24.2 Å². The third-order valence-electron chi connectivity index (χ3n) is 3.12. The SMILES string of the molecule is CN.COC(=O)CCCCCNC(=O)OC(C)(C)C.NC(=O)c1cccc(N)c1. The summed E-state index contributed by atoms with van der Waals surface area (Å²) in [7, 11) is 2.88. The smallest absolute Gasteiger partial charge is 0.407 e. The van der Waals surface area contributed by atoms with Crippen molar-refractivity contribution in [1.29, 1.82) is 0 Å². The van der Waals surface area contributed by atoms with Gasteiger partial charge in [-0.15, -0.1) is 0 Å². The molecule has 9 nitrogen and oxygen atoms in total. The minimum absolute atomic E-state index is 0.190. The fraction of sp³-hybridized carbons (Fsp3) is 0.550. The van der Waals surface area contributed by atoms with Crippen molar-refractivity contribution in [2.45, 2.75) is 52.1 Å². The summed E-state index contributed by atoms with van der Waals surface area (Å²) in [4.78, 5) is 32.6. The van der Waals surface area contributed by atoms with Crippen LogP contribution >= 0.6 is 0 Å². The first kappa shape index (κ1) is 28.4. The predicted molar refractivity (Wildman–Crippen MR) is 114 cm³/mol. The lowest BCUT2D eigenvalue weighted by Crippen LogP contribution is -2.32. The van der Waals surface area contributed by atoms with E-state index in [1.165, 1.54) is 14.2 Å². The number of hydrogen-bond donors (Lipinski definition) is 4. The van der Waals surface area contributed by atoms with Gasteiger partial charge in [0.15, 0.2) is 0 Å². The van der Waals surface area contributed by atoms with E-state index in [1.807, 2.05) is 20.8 Å². The Balaban J connectivity index is 0. The number of alkyl carbamates (subject to hydrolysis) is 1. The number of carbonyl (C=O) groups excluding carboxylic acids is 3. The monoisotopic (exact) mass is 412 g/mol. The lowest BCUT2D eigenvalue weighted by atomic mass is 10.2. The highest BCUT2D eigenvalue weighted by molar-refractivity contribution is 5.93. The van der Waals surface area contributed by atoms with E-state index in [-0.39, 0.29) is 5.97 Å². The molecule has 0 atom stereocenters. The van der Waals surface area contributed by atoms with E-state index in [0.717, 1.165) is 19.3 Å². The third-order valence-corrected chi connectivity index (χ3v) is 3.12. The normalized spacial score (nSPS) is 9.72. The number of hydrogen-bond acceptors (Lipinski definition) is 7. The van der Waals surface area contributed by atoms with E-state index in [4.69, 9.17) is 16.2 Å². The number of benzene rings is 1. The van der Waals surface area contributed by atoms with E-state index >= 15 is 0 Å². The first-order valence-corrected chi connectivity index (χ1v) is 9.32. The molecule has 2 amide bonds. The number of nitrogens with one attached hydrogen (secondary N) is 1. The van der Waals surface area contributed by atoms with E-state index in [2.05, 4.69) is 15.8 Å². The second-order valence-electron chi connectivity index (χ2n) is 6.81. The quantitative estimate of drug-likeness (QED) is 0.303. The number of anilines is 1. The summed E-state index contributed by atoms with van der Waals surface area (Å²) in [6.45, 7) is 6.03. The zero-order valence-corrected chi connectivity index (χ0v) is 18.1. The van der Waals surface area contributed by atoms with Gasteiger partial charge in [-0.2, -0.15) is 0 Å². The number of rotatable bonds is 7. The fourth-order valence-corrected chi connectivity index (χ4v) is 1.87. The first-order chi connectivity index (χ1) is 13.5. The molecule has 166 valence electrons. The zero-order valence-electron chi connectivity index (χ0n) is 18.1. The van der Waals surface area contributed by atoms with Gasteiger partial charge in [0, 0.05) is 24.2 Å². The average Bonchev–Trinajstić information content (AvgIpc) is 2.65. The van der Waals surface area contributed by atoms with Gasteiger partial charge in [-0.05, 0) is 58.9 Å². The molecule has 0 aliphatic rings. The average molecular weight is 413 g/mol. The van der Waals surface area contributed by atoms with Crippen LogP contribution in [-0.4, -0.2) is 44.3 Å². The Hall–Kier alpha value is -2.81. The van der Waals surface area contributed by atoms with Gasteiger partial charge >= 0.3 is 12.1 Å². The molecule has 0 aliphatic heterocycles. The van der Waals surface area contributed by atoms with Gasteiger partial charge in [-0.3, -0.25) is 9.59 Å². The first-order valence-electron chi connectivity index (χ1n) is 9.32. The van der Waals surface area contributed by atoms with Crippen molar-refractivity contribution in [2.24, 2.45) is 11.5 Å². The molecule has 0 saturated carbocycles. The van der Waals surface area contributed by atoms with Crippen molar-refractivity contribution in [2.75, 3.05) is 26.4 Å². The molecule has 7 N–H and O–H groups in total. The van der Waals surface area contributed by atoms with Crippen molar-refractivity contribution in [1.82, 2.24) is 5.32 Å². The number of amides is 2. The second-order valence-corrected chi connectivity index (χ2v) is 6.81. The van der Waals surface area contributed by atoms with Crippen molar-refractivity contribution in [3.05, 3.63) is 29.8 Å². The Bertz CT molecular complexity index is 615. The molecule has 1 aromatic carbocycles. The number of carbonyl (C=O) groups is 3. The Morgan fingerprint density at radius 1 is 1.07 bits per heavy atom. The molecule has 0 saturated heterocycles. The molecule has 0 aliphatic carbocycles. The topological polar surface area (TPSA) is 160 Å². The third kappa shape index (κ3) is 18.3. The molecule has 0 heterocycles. The van der Waals surface area contributed by atoms with Gasteiger partial charge < -0.3 is 32.0 Å². The molecule has 0 fully saturated rings. The van der Waals surface area contributed by atoms with Gasteiger partial charge in [0.1, 0.15) is 5.60 Å². The molecule has 0 aromatic heterocycles. The van der Waals surface area contributed by atoms with Crippen LogP contribution < -0.4 is 22.5 Å². The van der Waals surface area contributed by atoms with Crippen molar-refractivity contribution in [3.8, 4) is 0 Å². The van der Waals surface area contributed by atoms with Crippen LogP contribution in [0.2, 0.25) is 0 Å². The second kappa shape index (κ2) is 16.2. The Morgan fingerprint density at radius 2 is 1.69 bits per heavy atom. The Labute approximate surface area is 173 Å². The van der Waals surface area contributed by atoms with Crippen LogP contribution in [0.5, 0.6) is 0 Å². The summed E-state index contributed by atoms with van der Waals surface area (Å²) in [6, 6.07) is 6.56. The number of primary amides is 1. The van der Waals surface area contributed by atoms with Gasteiger partial charge in [-0.1, -0.05) is 12.5 Å². The molecule has 0 unspecified atom stereocenters. The summed E-state index contributed by atoms with van der Waals surface area (Å²) >= 11 is 0. The summed E-state index contributed by atoms with van der Waals surface area (Å²) in [6.07, 6.45) is 2.53. The number of ether oxygens (including phenoxy) is 2. The van der Waals surface area contributed by atoms with Gasteiger partial charge in [0.2, 0.25) is 5.91 Å². The molecule has 0 radical (unpaired) electrons. The van der Waals surface area contributed by atoms with E-state index in [9.17, 15) is 14.4 Å². The Morgan fingerprint density at radius 3 is 2.14 bits per heavy atom. The van der Waals surface area contributed by atoms with Crippen LogP contribution in [0.25, 0.3) is 0 Å². The minimum Gasteiger partial charge on any atom is -0.469 e. The number of unbranched alkanes of at least 4 members (excludes halogenated alkanes) is 2. The minimum atomic E-state index is -0.463. The van der Waals surface area contributed by atoms with E-state index < -0.39 is 17.6 Å². The van der Waals surface area contributed by atoms with Crippen LogP contribution in [0.1, 0.15) is 56.8 Å². The lowest BCUT2D eigenvalue weighted by Gasteiger charge is -2.19. The summed E-state index contributed by atoms with van der Waals surface area (Å²) in [5, 5.41) is 2.66. The Kier molecular flexibility index (Phi) is 15.8. The maximum Gasteiger partial charge on any atom is 0.407 e. The molecular weight excluding hydrogens is 376 g/mol. The highest BCUT2D eigenvalue weighted by Crippen LogP contribution is 2.07. The highest BCUT2D eigenvalue weighted by Gasteiger charge is 2.15. The van der Waals surface area contributed by atoms with Crippen molar-refractivity contribution < 1.29 is 23.9 Å². The standard InChI is InChI=1S/C12H23NO4.C7H8N2O.CH5N/c1-12(2,3)17-11(15)13-9-7-5-6-8-10(14)16-4;8-6-3-1-2-5(4-6)7(9)10;1-2/h5-9H2,1-4H3,(H,13,15);1-4H,8H2,(H2,9,10);2H2,1H3. The fourth-order valence-electron chi connectivity index (χ4n) is 1.87. The summed E-state index contributed by atoms with van der Waals surface area (Å²) in [5.41, 5.74) is 15.4. The predicted octanol–water partition coefficient (Wildman–Crippen LogP) is 2.19. The summed E-state index contributed by atoms with van der Waals surface area (Å²) < 4.78 is 9.60. The lowest BCUT2D eigenvalue weighted by molar-refractivity contribution is -0.140. The van der Waals surface area contributed by atoms with Crippen LogP contribution in [0.15, 0.2) is 24.3 Å². The number of esters is 1. The molecule has 29 heavy (non-hydrogen) atoms. The summed E-state index contributed by atoms with van der Waals surface area (Å²) in [5.74, 6) is -0.641. The number of nitrogens with two attached hydrogens (primary N) is 3. The van der Waals surface area contributed by atoms with Crippen molar-refractivity contribution >= 4 is 23.7 Å². The maximum absolute atomic E-state index is 11.2. The molecule has 0 bridgehead atoms. The maximum atomic E-state index is 11.2. The molecular formula is C20H36N4O5. The molecule has 1 aromatic rings. The number of nitrogen functional groups attached to an aromatic ring is 1. The van der Waals surface area contributed by atoms with Crippen LogP contribution in [-0.2, 0) is 14.3 Å². The van der Waals surface area contributed by atoms with Crippen LogP contribution in [0.4, 0.5) is 10.5 Å². The number of methoxy groups -OCH3 is 1. The van der Waals surface area contributed by atoms with Crippen molar-refractivity contribution in [3.63, 3.8) is 0 Å².